The van der Waals surface area contributed by atoms with E-state index >= 15 is 0 Å². The van der Waals surface area contributed by atoms with Crippen LogP contribution in [0.1, 0.15) is 12.5 Å². The number of hydrogen-bond donors (Lipinski definition) is 2. The average Bonchev–Trinajstić information content (AvgIpc) is 2.30. The molecule has 0 aliphatic carbocycles. The van der Waals surface area contributed by atoms with Crippen molar-refractivity contribution in [2.75, 3.05) is 6.61 Å². The summed E-state index contributed by atoms with van der Waals surface area (Å²) < 4.78 is 4.17. The van der Waals surface area contributed by atoms with Gasteiger partial charge in [0.15, 0.2) is 0 Å². The summed E-state index contributed by atoms with van der Waals surface area (Å²) in [5.41, 5.74) is 5.56. The number of carboxylic acids is 1. The van der Waals surface area contributed by atoms with Gasteiger partial charge in [0.05, 0.1) is 6.61 Å². The van der Waals surface area contributed by atoms with Gasteiger partial charge in [-0.25, -0.2) is 4.79 Å². The molecular weight excluding hydrogens is 258 g/mol. The van der Waals surface area contributed by atoms with E-state index in [0.29, 0.717) is 13.0 Å². The molecule has 0 heterocycles. The number of benzene rings is 1. The topological polar surface area (TPSA) is 89.6 Å². The Morgan fingerprint density at radius 2 is 1.94 bits per heavy atom. The highest BCUT2D eigenvalue weighted by atomic mass is 35.5. The summed E-state index contributed by atoms with van der Waals surface area (Å²) in [6.07, 6.45) is 0.385. The van der Waals surface area contributed by atoms with Gasteiger partial charge >= 0.3 is 11.4 Å². The number of aliphatic carboxylic acids is 1. The highest BCUT2D eigenvalue weighted by Gasteiger charge is 2.10. The van der Waals surface area contributed by atoms with Crippen LogP contribution in [0.15, 0.2) is 30.3 Å². The third kappa shape index (κ3) is 8.55. The Morgan fingerprint density at radius 3 is 2.28 bits per heavy atom. The van der Waals surface area contributed by atoms with Gasteiger partial charge in [-0.05, 0) is 18.9 Å². The maximum absolute atomic E-state index is 10.4. The molecule has 1 aromatic carbocycles. The van der Waals surface area contributed by atoms with Gasteiger partial charge in [-0.1, -0.05) is 30.3 Å². The molecule has 100 valence electrons. The summed E-state index contributed by atoms with van der Waals surface area (Å²) in [5, 5.41) is 8.52. The monoisotopic (exact) mass is 273 g/mol. The van der Waals surface area contributed by atoms with E-state index in [2.05, 4.69) is 4.74 Å². The van der Waals surface area contributed by atoms with E-state index in [1.165, 1.54) is 0 Å². The van der Waals surface area contributed by atoms with Crippen LogP contribution in [0, 0.1) is 0 Å². The number of carboxylic acid groups (broad SMARTS) is 1. The molecule has 0 fully saturated rings. The second kappa shape index (κ2) is 9.44. The van der Waals surface area contributed by atoms with Gasteiger partial charge in [-0.3, -0.25) is 4.79 Å². The third-order valence-corrected chi connectivity index (χ3v) is 1.98. The van der Waals surface area contributed by atoms with Crippen LogP contribution in [0.25, 0.3) is 0 Å². The van der Waals surface area contributed by atoms with E-state index in [4.69, 9.17) is 22.4 Å². The van der Waals surface area contributed by atoms with Gasteiger partial charge in [-0.15, -0.1) is 0 Å². The predicted molar refractivity (Wildman–Crippen MR) is 68.6 cm³/mol. The molecule has 1 atom stereocenters. The molecule has 0 aliphatic heterocycles. The Labute approximate surface area is 111 Å². The molecule has 1 aromatic rings. The van der Waals surface area contributed by atoms with Crippen LogP contribution in [-0.4, -0.2) is 29.2 Å². The van der Waals surface area contributed by atoms with Crippen LogP contribution < -0.4 is 5.73 Å². The summed E-state index contributed by atoms with van der Waals surface area (Å²) in [7, 11) is 0. The smallest absolute Gasteiger partial charge is 0.403 e. The summed E-state index contributed by atoms with van der Waals surface area (Å²) >= 11 is 4.72. The third-order valence-electron chi connectivity index (χ3n) is 1.87. The first-order valence-corrected chi connectivity index (χ1v) is 5.69. The SMILES string of the molecule is CCOC(=O)Cl.NC(Cc1ccccc1)C(=O)O. The maximum atomic E-state index is 10.4. The second-order valence-electron chi connectivity index (χ2n) is 3.31. The lowest BCUT2D eigenvalue weighted by molar-refractivity contribution is -0.138. The Morgan fingerprint density at radius 1 is 1.39 bits per heavy atom. The Balaban J connectivity index is 0.000000411. The summed E-state index contributed by atoms with van der Waals surface area (Å²) in [6, 6.07) is 8.54. The molecule has 6 heteroatoms. The minimum absolute atomic E-state index is 0.350. The summed E-state index contributed by atoms with van der Waals surface area (Å²) in [5.74, 6) is -0.959. The van der Waals surface area contributed by atoms with Crippen molar-refractivity contribution in [1.29, 1.82) is 0 Å². The highest BCUT2D eigenvalue weighted by molar-refractivity contribution is 6.61. The largest absolute Gasteiger partial charge is 0.480 e. The number of halogens is 1. The van der Waals surface area contributed by atoms with Gasteiger partial charge in [0, 0.05) is 11.6 Å². The van der Waals surface area contributed by atoms with Crippen molar-refractivity contribution in [2.45, 2.75) is 19.4 Å². The maximum Gasteiger partial charge on any atom is 0.403 e. The van der Waals surface area contributed by atoms with Crippen LogP contribution in [0.3, 0.4) is 0 Å². The van der Waals surface area contributed by atoms with Crippen LogP contribution in [0.4, 0.5) is 4.79 Å². The molecule has 0 aliphatic rings. The number of ether oxygens (including phenoxy) is 1. The lowest BCUT2D eigenvalue weighted by Gasteiger charge is -2.04. The van der Waals surface area contributed by atoms with Crippen molar-refractivity contribution < 1.29 is 19.4 Å². The Kier molecular flexibility index (Phi) is 8.61. The molecule has 18 heavy (non-hydrogen) atoms. The van der Waals surface area contributed by atoms with Gasteiger partial charge in [0.25, 0.3) is 0 Å². The minimum Gasteiger partial charge on any atom is -0.480 e. The number of carbonyl (C=O) groups excluding carboxylic acids is 1. The zero-order valence-electron chi connectivity index (χ0n) is 10.0. The molecule has 0 aromatic heterocycles. The summed E-state index contributed by atoms with van der Waals surface area (Å²) in [6.45, 7) is 2.04. The lowest BCUT2D eigenvalue weighted by Crippen LogP contribution is -2.32. The minimum atomic E-state index is -0.959. The van der Waals surface area contributed by atoms with Crippen LogP contribution in [-0.2, 0) is 16.0 Å². The van der Waals surface area contributed by atoms with E-state index in [-0.39, 0.29) is 0 Å². The molecule has 0 saturated carbocycles. The molecule has 0 amide bonds. The highest BCUT2D eigenvalue weighted by Crippen LogP contribution is 2.01. The number of carbonyl (C=O) groups is 2. The second-order valence-corrected chi connectivity index (χ2v) is 3.61. The van der Waals surface area contributed by atoms with Crippen LogP contribution in [0.2, 0.25) is 0 Å². The van der Waals surface area contributed by atoms with Crippen LogP contribution in [0.5, 0.6) is 0 Å². The number of nitrogens with two attached hydrogens (primary N) is 1. The fourth-order valence-electron chi connectivity index (χ4n) is 1.07. The molecule has 1 unspecified atom stereocenters. The molecule has 0 saturated heterocycles. The van der Waals surface area contributed by atoms with Gasteiger partial charge in [-0.2, -0.15) is 0 Å². The van der Waals surface area contributed by atoms with E-state index < -0.39 is 17.4 Å². The first-order chi connectivity index (χ1) is 8.47. The standard InChI is InChI=1S/C9H11NO2.C3H5ClO2/c10-8(9(11)12)6-7-4-2-1-3-5-7;1-2-6-3(4)5/h1-5,8H,6,10H2,(H,11,12);2H2,1H3. The van der Waals surface area contributed by atoms with Crippen molar-refractivity contribution in [3.05, 3.63) is 35.9 Å². The molecule has 3 N–H and O–H groups in total. The van der Waals surface area contributed by atoms with Crippen molar-refractivity contribution in [1.82, 2.24) is 0 Å². The molecular formula is C12H16ClNO4. The molecule has 5 nitrogen and oxygen atoms in total. The van der Waals surface area contributed by atoms with Crippen molar-refractivity contribution in [3.63, 3.8) is 0 Å². The quantitative estimate of drug-likeness (QED) is 0.819. The van der Waals surface area contributed by atoms with E-state index in [1.54, 1.807) is 6.92 Å². The first-order valence-electron chi connectivity index (χ1n) is 5.32. The fraction of sp³-hybridized carbons (Fsp3) is 0.333. The van der Waals surface area contributed by atoms with Crippen molar-refractivity contribution in [3.8, 4) is 0 Å². The van der Waals surface area contributed by atoms with Gasteiger partial charge in [0.2, 0.25) is 0 Å². The van der Waals surface area contributed by atoms with Crippen molar-refractivity contribution in [2.24, 2.45) is 5.73 Å². The normalized spacial score (nSPS) is 10.8. The molecule has 0 radical (unpaired) electrons. The summed E-state index contributed by atoms with van der Waals surface area (Å²) in [4.78, 5) is 20.0. The van der Waals surface area contributed by atoms with E-state index in [1.807, 2.05) is 30.3 Å². The van der Waals surface area contributed by atoms with Gasteiger partial charge in [0.1, 0.15) is 6.04 Å². The fourth-order valence-corrected chi connectivity index (χ4v) is 1.18. The van der Waals surface area contributed by atoms with Gasteiger partial charge < -0.3 is 15.6 Å². The zero-order chi connectivity index (χ0) is 14.0. The Bertz CT molecular complexity index is 370. The predicted octanol–water partition coefficient (Wildman–Crippen LogP) is 2.02. The van der Waals surface area contributed by atoms with E-state index in [9.17, 15) is 9.59 Å². The Hall–Kier alpha value is -1.59. The molecule has 0 bridgehead atoms. The number of hydrogen-bond acceptors (Lipinski definition) is 4. The first kappa shape index (κ1) is 16.4. The average molecular weight is 274 g/mol. The number of rotatable bonds is 4. The van der Waals surface area contributed by atoms with E-state index in [0.717, 1.165) is 5.56 Å². The lowest BCUT2D eigenvalue weighted by atomic mass is 10.1. The van der Waals surface area contributed by atoms with Crippen molar-refractivity contribution >= 4 is 23.0 Å². The van der Waals surface area contributed by atoms with Crippen LogP contribution >= 0.6 is 11.6 Å². The molecule has 1 rings (SSSR count). The molecule has 0 spiro atoms. The zero-order valence-corrected chi connectivity index (χ0v) is 10.8.